The number of para-hydroxylation sites is 2. The standard InChI is InChI=1S/C27H19NO/c1-4-12-20(13-5-1)25-23-18-10-11-19-24(23)28-26(21-14-6-2-7-15-21)27(25)29-22-16-8-3-9-17-22/h1-19H. The Hall–Kier alpha value is -3.91. The lowest BCUT2D eigenvalue weighted by Crippen LogP contribution is -1.97. The maximum Gasteiger partial charge on any atom is 0.162 e. The van der Waals surface area contributed by atoms with E-state index in [-0.39, 0.29) is 0 Å². The SMILES string of the molecule is c1ccc(Oc2c(-c3ccccc3)nc3ccccc3c2-c2ccccc2)cc1. The molecule has 0 saturated heterocycles. The molecule has 5 aromatic rings. The first-order valence-corrected chi connectivity index (χ1v) is 9.66. The highest BCUT2D eigenvalue weighted by Crippen LogP contribution is 2.44. The summed E-state index contributed by atoms with van der Waals surface area (Å²) in [5.74, 6) is 1.56. The molecule has 1 heterocycles. The molecule has 0 radical (unpaired) electrons. The lowest BCUT2D eigenvalue weighted by atomic mass is 9.96. The third-order valence-electron chi connectivity index (χ3n) is 4.92. The number of ether oxygens (including phenoxy) is 1. The van der Waals surface area contributed by atoms with E-state index in [0.717, 1.165) is 44.8 Å². The van der Waals surface area contributed by atoms with Crippen molar-refractivity contribution in [1.82, 2.24) is 4.98 Å². The Bertz CT molecular complexity index is 1250. The minimum Gasteiger partial charge on any atom is -0.454 e. The van der Waals surface area contributed by atoms with Gasteiger partial charge in [-0.1, -0.05) is 97.1 Å². The summed E-state index contributed by atoms with van der Waals surface area (Å²) in [6, 6.07) is 38.7. The Labute approximate surface area is 170 Å². The van der Waals surface area contributed by atoms with Gasteiger partial charge in [0.15, 0.2) is 5.75 Å². The normalized spacial score (nSPS) is 10.8. The molecule has 0 unspecified atom stereocenters. The summed E-state index contributed by atoms with van der Waals surface area (Å²) in [6.07, 6.45) is 0. The van der Waals surface area contributed by atoms with Crippen LogP contribution in [0.5, 0.6) is 11.5 Å². The van der Waals surface area contributed by atoms with E-state index in [2.05, 4.69) is 48.5 Å². The zero-order valence-electron chi connectivity index (χ0n) is 15.8. The molecule has 0 fully saturated rings. The molecule has 0 aliphatic carbocycles. The summed E-state index contributed by atoms with van der Waals surface area (Å²) >= 11 is 0. The molecule has 29 heavy (non-hydrogen) atoms. The van der Waals surface area contributed by atoms with Crippen molar-refractivity contribution >= 4 is 10.9 Å². The molecule has 4 aromatic carbocycles. The highest BCUT2D eigenvalue weighted by molar-refractivity contribution is 6.01. The van der Waals surface area contributed by atoms with Crippen LogP contribution in [0.4, 0.5) is 0 Å². The van der Waals surface area contributed by atoms with E-state index in [1.165, 1.54) is 0 Å². The third kappa shape index (κ3) is 3.37. The molecule has 0 aliphatic heterocycles. The van der Waals surface area contributed by atoms with Gasteiger partial charge < -0.3 is 4.74 Å². The van der Waals surface area contributed by atoms with Crippen LogP contribution in [0.3, 0.4) is 0 Å². The first-order chi connectivity index (χ1) is 14.4. The second-order valence-corrected chi connectivity index (χ2v) is 6.83. The molecule has 0 amide bonds. The predicted molar refractivity (Wildman–Crippen MR) is 119 cm³/mol. The molecule has 0 aliphatic rings. The van der Waals surface area contributed by atoms with E-state index in [9.17, 15) is 0 Å². The van der Waals surface area contributed by atoms with Crippen molar-refractivity contribution in [3.05, 3.63) is 115 Å². The van der Waals surface area contributed by atoms with E-state index in [1.54, 1.807) is 0 Å². The van der Waals surface area contributed by atoms with Crippen molar-refractivity contribution in [2.45, 2.75) is 0 Å². The van der Waals surface area contributed by atoms with Gasteiger partial charge in [-0.2, -0.15) is 0 Å². The third-order valence-corrected chi connectivity index (χ3v) is 4.92. The van der Waals surface area contributed by atoms with Crippen LogP contribution >= 0.6 is 0 Å². The molecular weight excluding hydrogens is 354 g/mol. The van der Waals surface area contributed by atoms with Crippen LogP contribution in [0.15, 0.2) is 115 Å². The van der Waals surface area contributed by atoms with Gasteiger partial charge in [0.1, 0.15) is 11.4 Å². The fourth-order valence-electron chi connectivity index (χ4n) is 3.58. The van der Waals surface area contributed by atoms with Gasteiger partial charge in [0.25, 0.3) is 0 Å². The minimum atomic E-state index is 0.771. The van der Waals surface area contributed by atoms with Crippen molar-refractivity contribution < 1.29 is 4.74 Å². The smallest absolute Gasteiger partial charge is 0.162 e. The number of hydrogen-bond donors (Lipinski definition) is 0. The lowest BCUT2D eigenvalue weighted by Gasteiger charge is -2.18. The van der Waals surface area contributed by atoms with Crippen molar-refractivity contribution in [3.8, 4) is 33.9 Å². The topological polar surface area (TPSA) is 22.1 Å². The average molecular weight is 373 g/mol. The van der Waals surface area contributed by atoms with Gasteiger partial charge in [0, 0.05) is 16.5 Å². The Kier molecular flexibility index (Phi) is 4.51. The molecule has 138 valence electrons. The van der Waals surface area contributed by atoms with Crippen molar-refractivity contribution in [3.63, 3.8) is 0 Å². The average Bonchev–Trinajstić information content (AvgIpc) is 2.80. The molecule has 2 heteroatoms. The molecule has 0 bridgehead atoms. The molecule has 0 N–H and O–H groups in total. The molecule has 0 saturated carbocycles. The largest absolute Gasteiger partial charge is 0.454 e. The van der Waals surface area contributed by atoms with Gasteiger partial charge in [-0.15, -0.1) is 0 Å². The van der Waals surface area contributed by atoms with Gasteiger partial charge in [0.2, 0.25) is 0 Å². The maximum absolute atomic E-state index is 6.50. The Morgan fingerprint density at radius 3 is 1.76 bits per heavy atom. The van der Waals surface area contributed by atoms with Gasteiger partial charge >= 0.3 is 0 Å². The van der Waals surface area contributed by atoms with Crippen LogP contribution in [-0.2, 0) is 0 Å². The van der Waals surface area contributed by atoms with Gasteiger partial charge in [-0.25, -0.2) is 4.98 Å². The number of fused-ring (bicyclic) bond motifs is 1. The number of rotatable bonds is 4. The zero-order valence-corrected chi connectivity index (χ0v) is 15.8. The molecule has 0 atom stereocenters. The molecule has 2 nitrogen and oxygen atoms in total. The van der Waals surface area contributed by atoms with Crippen molar-refractivity contribution in [2.24, 2.45) is 0 Å². The second-order valence-electron chi connectivity index (χ2n) is 6.83. The van der Waals surface area contributed by atoms with Gasteiger partial charge in [-0.3, -0.25) is 0 Å². The molecule has 0 spiro atoms. The van der Waals surface area contributed by atoms with Crippen LogP contribution in [0.25, 0.3) is 33.3 Å². The lowest BCUT2D eigenvalue weighted by molar-refractivity contribution is 0.485. The molecule has 1 aromatic heterocycles. The first kappa shape index (κ1) is 17.2. The van der Waals surface area contributed by atoms with Crippen LogP contribution < -0.4 is 4.74 Å². The van der Waals surface area contributed by atoms with Crippen molar-refractivity contribution in [1.29, 1.82) is 0 Å². The summed E-state index contributed by atoms with van der Waals surface area (Å²) in [4.78, 5) is 5.00. The fourth-order valence-corrected chi connectivity index (χ4v) is 3.58. The van der Waals surface area contributed by atoms with Crippen LogP contribution in [0.1, 0.15) is 0 Å². The summed E-state index contributed by atoms with van der Waals surface area (Å²) in [6.45, 7) is 0. The number of hydrogen-bond acceptors (Lipinski definition) is 2. The fraction of sp³-hybridized carbons (Fsp3) is 0. The van der Waals surface area contributed by atoms with Crippen LogP contribution in [0, 0.1) is 0 Å². The minimum absolute atomic E-state index is 0.771. The quantitative estimate of drug-likeness (QED) is 0.328. The first-order valence-electron chi connectivity index (χ1n) is 9.66. The van der Waals surface area contributed by atoms with Gasteiger partial charge in [0.05, 0.1) is 5.52 Å². The Morgan fingerprint density at radius 2 is 1.07 bits per heavy atom. The summed E-state index contributed by atoms with van der Waals surface area (Å²) < 4.78 is 6.50. The highest BCUT2D eigenvalue weighted by Gasteiger charge is 2.19. The van der Waals surface area contributed by atoms with E-state index in [1.807, 2.05) is 66.7 Å². The highest BCUT2D eigenvalue weighted by atomic mass is 16.5. The number of aromatic nitrogens is 1. The Balaban J connectivity index is 1.86. The van der Waals surface area contributed by atoms with E-state index < -0.39 is 0 Å². The van der Waals surface area contributed by atoms with Crippen LogP contribution in [-0.4, -0.2) is 4.98 Å². The summed E-state index contributed by atoms with van der Waals surface area (Å²) in [5, 5.41) is 1.07. The summed E-state index contributed by atoms with van der Waals surface area (Å²) in [7, 11) is 0. The zero-order chi connectivity index (χ0) is 19.5. The second kappa shape index (κ2) is 7.61. The maximum atomic E-state index is 6.50. The van der Waals surface area contributed by atoms with E-state index >= 15 is 0 Å². The predicted octanol–water partition coefficient (Wildman–Crippen LogP) is 7.36. The number of nitrogens with zero attached hydrogens (tertiary/aromatic N) is 1. The van der Waals surface area contributed by atoms with E-state index in [4.69, 9.17) is 9.72 Å². The molecule has 5 rings (SSSR count). The van der Waals surface area contributed by atoms with Crippen molar-refractivity contribution in [2.75, 3.05) is 0 Å². The monoisotopic (exact) mass is 373 g/mol. The number of pyridine rings is 1. The van der Waals surface area contributed by atoms with Crippen LogP contribution in [0.2, 0.25) is 0 Å². The number of benzene rings is 4. The van der Waals surface area contributed by atoms with Gasteiger partial charge in [-0.05, 0) is 23.8 Å². The van der Waals surface area contributed by atoms with E-state index in [0.29, 0.717) is 0 Å². The summed E-state index contributed by atoms with van der Waals surface area (Å²) in [5.41, 5.74) is 4.98. The molecular formula is C27H19NO. The Morgan fingerprint density at radius 1 is 0.517 bits per heavy atom.